The molecule has 0 spiro atoms. The zero-order chi connectivity index (χ0) is 22.9. The molecule has 32 heavy (non-hydrogen) atoms. The van der Waals surface area contributed by atoms with Crippen molar-refractivity contribution in [3.05, 3.63) is 89.4 Å². The minimum atomic E-state index is -3.94. The fourth-order valence-corrected chi connectivity index (χ4v) is 6.27. The number of benzene rings is 3. The van der Waals surface area contributed by atoms with E-state index in [1.165, 1.54) is 11.4 Å². The molecule has 3 aromatic rings. The predicted molar refractivity (Wildman–Crippen MR) is 125 cm³/mol. The van der Waals surface area contributed by atoms with Crippen molar-refractivity contribution in [2.24, 2.45) is 0 Å². The van der Waals surface area contributed by atoms with Gasteiger partial charge in [0.05, 0.1) is 12.0 Å². The van der Waals surface area contributed by atoms with E-state index in [0.717, 1.165) is 16.7 Å². The normalized spacial score (nSPS) is 20.2. The van der Waals surface area contributed by atoms with E-state index in [1.807, 2.05) is 42.5 Å². The highest BCUT2D eigenvalue weighted by atomic mass is 35.5. The molecule has 0 radical (unpaired) electrons. The van der Waals surface area contributed by atoms with Gasteiger partial charge in [-0.2, -0.15) is 4.31 Å². The third kappa shape index (κ3) is 3.83. The molecule has 0 amide bonds. The molecule has 1 aliphatic rings. The first-order valence-corrected chi connectivity index (χ1v) is 12.2. The second-order valence-electron chi connectivity index (χ2n) is 7.78. The van der Waals surface area contributed by atoms with Gasteiger partial charge in [0.25, 0.3) is 0 Å². The van der Waals surface area contributed by atoms with Gasteiger partial charge in [-0.3, -0.25) is 0 Å². The molecule has 0 aliphatic heterocycles. The average molecular weight is 470 g/mol. The van der Waals surface area contributed by atoms with Crippen molar-refractivity contribution in [3.8, 4) is 11.1 Å². The van der Waals surface area contributed by atoms with E-state index in [4.69, 9.17) is 16.3 Å². The Bertz CT molecular complexity index is 1210. The van der Waals surface area contributed by atoms with Gasteiger partial charge in [-0.05, 0) is 47.4 Å². The summed E-state index contributed by atoms with van der Waals surface area (Å²) in [5, 5.41) is 0.636. The second-order valence-corrected chi connectivity index (χ2v) is 10.1. The molecule has 1 fully saturated rings. The zero-order valence-corrected chi connectivity index (χ0v) is 19.4. The van der Waals surface area contributed by atoms with E-state index >= 15 is 0 Å². The van der Waals surface area contributed by atoms with Crippen LogP contribution >= 0.6 is 11.6 Å². The number of sulfonamides is 1. The predicted octanol–water partition coefficient (Wildman–Crippen LogP) is 5.12. The molecule has 3 aromatic carbocycles. The van der Waals surface area contributed by atoms with Gasteiger partial charge >= 0.3 is 5.97 Å². The van der Waals surface area contributed by atoms with Gasteiger partial charge in [0.2, 0.25) is 10.0 Å². The SMILES string of the molecule is CCN(C1(C(=O)OC)CC1c1ccccc1)S(=O)(=O)c1ccc(-c2ccc(Cl)cc2)cc1. The first-order valence-electron chi connectivity index (χ1n) is 10.4. The number of carbonyl (C=O) groups is 1. The Morgan fingerprint density at radius 2 is 1.56 bits per heavy atom. The van der Waals surface area contributed by atoms with E-state index in [1.54, 1.807) is 43.3 Å². The van der Waals surface area contributed by atoms with Crippen molar-refractivity contribution in [2.45, 2.75) is 29.7 Å². The Morgan fingerprint density at radius 3 is 2.09 bits per heavy atom. The largest absolute Gasteiger partial charge is 0.468 e. The molecular weight excluding hydrogens is 446 g/mol. The van der Waals surface area contributed by atoms with Gasteiger partial charge in [0, 0.05) is 17.5 Å². The van der Waals surface area contributed by atoms with E-state index < -0.39 is 21.5 Å². The number of nitrogens with zero attached hydrogens (tertiary/aromatic N) is 1. The van der Waals surface area contributed by atoms with E-state index in [-0.39, 0.29) is 17.4 Å². The maximum Gasteiger partial charge on any atom is 0.327 e. The van der Waals surface area contributed by atoms with E-state index in [2.05, 4.69) is 0 Å². The lowest BCUT2D eigenvalue weighted by Crippen LogP contribution is -2.48. The first kappa shape index (κ1) is 22.5. The number of halogens is 1. The van der Waals surface area contributed by atoms with E-state index in [9.17, 15) is 13.2 Å². The number of methoxy groups -OCH3 is 1. The van der Waals surface area contributed by atoms with Gasteiger partial charge in [-0.1, -0.05) is 73.1 Å². The van der Waals surface area contributed by atoms with Gasteiger partial charge < -0.3 is 4.74 Å². The minimum Gasteiger partial charge on any atom is -0.468 e. The lowest BCUT2D eigenvalue weighted by Gasteiger charge is -2.29. The maximum absolute atomic E-state index is 13.6. The van der Waals surface area contributed by atoms with Crippen molar-refractivity contribution in [1.82, 2.24) is 4.31 Å². The molecule has 0 aromatic heterocycles. The topological polar surface area (TPSA) is 63.7 Å². The summed E-state index contributed by atoms with van der Waals surface area (Å²) in [4.78, 5) is 13.0. The Labute approximate surface area is 193 Å². The Morgan fingerprint density at radius 1 is 1.00 bits per heavy atom. The lowest BCUT2D eigenvalue weighted by molar-refractivity contribution is -0.147. The minimum absolute atomic E-state index is 0.138. The highest BCUT2D eigenvalue weighted by Gasteiger charge is 2.68. The summed E-state index contributed by atoms with van der Waals surface area (Å²) in [6.07, 6.45) is 0.389. The molecule has 166 valence electrons. The van der Waals surface area contributed by atoms with Gasteiger partial charge in [0.15, 0.2) is 0 Å². The smallest absolute Gasteiger partial charge is 0.327 e. The molecule has 1 aliphatic carbocycles. The van der Waals surface area contributed by atoms with Crippen LogP contribution in [0.3, 0.4) is 0 Å². The summed E-state index contributed by atoms with van der Waals surface area (Å²) >= 11 is 5.95. The molecule has 0 bridgehead atoms. The van der Waals surface area contributed by atoms with Crippen LogP contribution < -0.4 is 0 Å². The third-order valence-corrected chi connectivity index (χ3v) is 8.31. The highest BCUT2D eigenvalue weighted by molar-refractivity contribution is 7.89. The van der Waals surface area contributed by atoms with Gasteiger partial charge in [-0.15, -0.1) is 0 Å². The molecule has 2 unspecified atom stereocenters. The fourth-order valence-electron chi connectivity index (χ4n) is 4.37. The standard InChI is InChI=1S/C25H24ClNO4S/c1-3-27(25(24(28)31-2)17-23(25)20-7-5-4-6-8-20)32(29,30)22-15-11-19(12-16-22)18-9-13-21(26)14-10-18/h4-16,23H,3,17H2,1-2H3. The van der Waals surface area contributed by atoms with Crippen LogP contribution in [-0.4, -0.2) is 37.9 Å². The Hall–Kier alpha value is -2.67. The molecule has 5 nitrogen and oxygen atoms in total. The quantitative estimate of drug-likeness (QED) is 0.451. The second kappa shape index (κ2) is 8.70. The van der Waals surface area contributed by atoms with Crippen molar-refractivity contribution in [3.63, 3.8) is 0 Å². The summed E-state index contributed by atoms with van der Waals surface area (Å²) in [6.45, 7) is 1.89. The zero-order valence-electron chi connectivity index (χ0n) is 17.9. The van der Waals surface area contributed by atoms with Crippen molar-refractivity contribution >= 4 is 27.6 Å². The van der Waals surface area contributed by atoms with E-state index in [0.29, 0.717) is 11.4 Å². The summed E-state index contributed by atoms with van der Waals surface area (Å²) < 4.78 is 33.6. The Balaban J connectivity index is 1.69. The molecule has 0 saturated heterocycles. The molecule has 2 atom stereocenters. The number of likely N-dealkylation sites (N-methyl/N-ethyl adjacent to an activating group) is 1. The Kier molecular flexibility index (Phi) is 6.12. The summed E-state index contributed by atoms with van der Waals surface area (Å²) in [6, 6.07) is 23.5. The summed E-state index contributed by atoms with van der Waals surface area (Å²) in [5.41, 5.74) is 1.49. The number of hydrogen-bond donors (Lipinski definition) is 0. The maximum atomic E-state index is 13.6. The van der Waals surface area contributed by atoms with Crippen LogP contribution in [0.4, 0.5) is 0 Å². The van der Waals surface area contributed by atoms with Crippen LogP contribution in [0.25, 0.3) is 11.1 Å². The van der Waals surface area contributed by atoms with Crippen LogP contribution in [0.5, 0.6) is 0 Å². The molecular formula is C25H24ClNO4S. The molecule has 0 heterocycles. The number of esters is 1. The van der Waals surface area contributed by atoms with Crippen LogP contribution in [0.15, 0.2) is 83.8 Å². The molecule has 4 rings (SSSR count). The van der Waals surface area contributed by atoms with Crippen molar-refractivity contribution < 1.29 is 17.9 Å². The summed E-state index contributed by atoms with van der Waals surface area (Å²) in [5.74, 6) is -0.784. The van der Waals surface area contributed by atoms with Crippen molar-refractivity contribution in [2.75, 3.05) is 13.7 Å². The first-order chi connectivity index (χ1) is 15.3. The average Bonchev–Trinajstić information content (AvgIpc) is 3.56. The third-order valence-electron chi connectivity index (χ3n) is 6.02. The fraction of sp³-hybridized carbons (Fsp3) is 0.240. The van der Waals surface area contributed by atoms with Crippen LogP contribution in [-0.2, 0) is 19.6 Å². The highest BCUT2D eigenvalue weighted by Crippen LogP contribution is 2.57. The van der Waals surface area contributed by atoms with Crippen LogP contribution in [0.2, 0.25) is 5.02 Å². The van der Waals surface area contributed by atoms with Gasteiger partial charge in [-0.25, -0.2) is 13.2 Å². The number of hydrogen-bond acceptors (Lipinski definition) is 4. The van der Waals surface area contributed by atoms with Crippen LogP contribution in [0.1, 0.15) is 24.8 Å². The lowest BCUT2D eigenvalue weighted by atomic mass is 10.1. The number of carbonyl (C=O) groups excluding carboxylic acids is 1. The molecule has 0 N–H and O–H groups in total. The van der Waals surface area contributed by atoms with Gasteiger partial charge in [0.1, 0.15) is 5.54 Å². The van der Waals surface area contributed by atoms with Crippen molar-refractivity contribution in [1.29, 1.82) is 0 Å². The number of rotatable bonds is 7. The molecule has 1 saturated carbocycles. The molecule has 7 heteroatoms. The van der Waals surface area contributed by atoms with Crippen LogP contribution in [0, 0.1) is 0 Å². The monoisotopic (exact) mass is 469 g/mol. The summed E-state index contributed by atoms with van der Waals surface area (Å²) in [7, 11) is -2.64. The number of ether oxygens (including phenoxy) is 1.